The zero-order valence-electron chi connectivity index (χ0n) is 13.2. The molecule has 2 atom stereocenters. The van der Waals surface area contributed by atoms with Crippen LogP contribution in [0.25, 0.3) is 0 Å². The Morgan fingerprint density at radius 3 is 2.47 bits per heavy atom. The van der Waals surface area contributed by atoms with E-state index in [0.717, 1.165) is 32.4 Å². The summed E-state index contributed by atoms with van der Waals surface area (Å²) in [5.74, 6) is 0. The molecule has 1 aliphatic carbocycles. The van der Waals surface area contributed by atoms with Gasteiger partial charge in [0.15, 0.2) is 0 Å². The summed E-state index contributed by atoms with van der Waals surface area (Å²) in [6.45, 7) is 11.1. The fourth-order valence-electron chi connectivity index (χ4n) is 2.67. The van der Waals surface area contributed by atoms with Crippen LogP contribution in [-0.2, 0) is 0 Å². The maximum Gasteiger partial charge on any atom is 0.106 e. The van der Waals surface area contributed by atoms with Crippen LogP contribution >= 0.6 is 0 Å². The van der Waals surface area contributed by atoms with Crippen molar-refractivity contribution < 1.29 is 0 Å². The zero-order chi connectivity index (χ0) is 14.3. The maximum absolute atomic E-state index is 9.50. The molecule has 1 fully saturated rings. The Balaban J connectivity index is 2.40. The molecule has 0 aliphatic heterocycles. The molecular weight excluding hydrogens is 234 g/mol. The molecule has 0 amide bonds. The van der Waals surface area contributed by atoms with E-state index in [2.05, 4.69) is 44.0 Å². The van der Waals surface area contributed by atoms with Crippen molar-refractivity contribution >= 4 is 0 Å². The topological polar surface area (TPSA) is 39.1 Å². The van der Waals surface area contributed by atoms with Crippen LogP contribution < -0.4 is 5.32 Å². The minimum atomic E-state index is -0.282. The molecule has 3 nitrogen and oxygen atoms in total. The standard InChI is InChI=1S/C16H31N3/c1-5-14(4)19(7-3)12-8-11-16(6-2,13-17)18-15-9-10-15/h14-15,18H,5-12H2,1-4H3. The van der Waals surface area contributed by atoms with Crippen LogP contribution in [0.15, 0.2) is 0 Å². The van der Waals surface area contributed by atoms with Crippen molar-refractivity contribution in [2.45, 2.75) is 83.8 Å². The average molecular weight is 265 g/mol. The molecule has 1 aliphatic rings. The van der Waals surface area contributed by atoms with Gasteiger partial charge in [0.25, 0.3) is 0 Å². The highest BCUT2D eigenvalue weighted by molar-refractivity contribution is 5.09. The van der Waals surface area contributed by atoms with Crippen molar-refractivity contribution in [2.24, 2.45) is 0 Å². The molecule has 19 heavy (non-hydrogen) atoms. The number of nitriles is 1. The second-order valence-electron chi connectivity index (χ2n) is 5.96. The first-order valence-corrected chi connectivity index (χ1v) is 8.03. The highest BCUT2D eigenvalue weighted by atomic mass is 15.1. The Morgan fingerprint density at radius 2 is 2.05 bits per heavy atom. The Morgan fingerprint density at radius 1 is 1.37 bits per heavy atom. The summed E-state index contributed by atoms with van der Waals surface area (Å²) >= 11 is 0. The molecule has 1 rings (SSSR count). The number of nitrogens with zero attached hydrogens (tertiary/aromatic N) is 2. The van der Waals surface area contributed by atoms with Gasteiger partial charge in [-0.05, 0) is 58.5 Å². The lowest BCUT2D eigenvalue weighted by Gasteiger charge is -2.30. The predicted octanol–water partition coefficient (Wildman–Crippen LogP) is 3.31. The van der Waals surface area contributed by atoms with Gasteiger partial charge in [-0.3, -0.25) is 5.32 Å². The smallest absolute Gasteiger partial charge is 0.106 e. The normalized spacial score (nSPS) is 20.0. The molecule has 1 saturated carbocycles. The van der Waals surface area contributed by atoms with Gasteiger partial charge in [0.2, 0.25) is 0 Å². The fourth-order valence-corrected chi connectivity index (χ4v) is 2.67. The van der Waals surface area contributed by atoms with Crippen molar-refractivity contribution in [2.75, 3.05) is 13.1 Å². The molecule has 3 heteroatoms. The predicted molar refractivity (Wildman–Crippen MR) is 81.0 cm³/mol. The Hall–Kier alpha value is -0.590. The van der Waals surface area contributed by atoms with Crippen LogP contribution in [0.1, 0.15) is 66.2 Å². The fraction of sp³-hybridized carbons (Fsp3) is 0.938. The number of hydrogen-bond acceptors (Lipinski definition) is 3. The zero-order valence-corrected chi connectivity index (χ0v) is 13.2. The summed E-state index contributed by atoms with van der Waals surface area (Å²) in [7, 11) is 0. The quantitative estimate of drug-likeness (QED) is 0.658. The molecule has 0 heterocycles. The third kappa shape index (κ3) is 5.12. The van der Waals surface area contributed by atoms with Gasteiger partial charge in [0.1, 0.15) is 5.54 Å². The first-order chi connectivity index (χ1) is 9.10. The summed E-state index contributed by atoms with van der Waals surface area (Å²) < 4.78 is 0. The number of rotatable bonds is 10. The van der Waals surface area contributed by atoms with Crippen LogP contribution in [0.5, 0.6) is 0 Å². The summed E-state index contributed by atoms with van der Waals surface area (Å²) in [6, 6.07) is 3.80. The Labute approximate surface area is 119 Å². The van der Waals surface area contributed by atoms with Crippen molar-refractivity contribution in [3.63, 3.8) is 0 Å². The van der Waals surface area contributed by atoms with Gasteiger partial charge in [-0.1, -0.05) is 20.8 Å². The molecule has 110 valence electrons. The molecule has 2 unspecified atom stereocenters. The molecule has 0 bridgehead atoms. The molecule has 0 saturated heterocycles. The lowest BCUT2D eigenvalue weighted by molar-refractivity contribution is 0.202. The van der Waals surface area contributed by atoms with E-state index in [1.165, 1.54) is 19.3 Å². The number of hydrogen-bond donors (Lipinski definition) is 1. The molecule has 0 aromatic carbocycles. The van der Waals surface area contributed by atoms with Crippen LogP contribution in [0.4, 0.5) is 0 Å². The van der Waals surface area contributed by atoms with E-state index in [0.29, 0.717) is 12.1 Å². The Bertz CT molecular complexity index is 293. The van der Waals surface area contributed by atoms with Crippen molar-refractivity contribution in [3.05, 3.63) is 0 Å². The van der Waals surface area contributed by atoms with Crippen LogP contribution in [0.3, 0.4) is 0 Å². The van der Waals surface area contributed by atoms with Crippen molar-refractivity contribution in [3.8, 4) is 6.07 Å². The van der Waals surface area contributed by atoms with E-state index in [1.807, 2.05) is 0 Å². The largest absolute Gasteiger partial charge is 0.301 e. The highest BCUT2D eigenvalue weighted by Gasteiger charge is 2.34. The molecule has 0 aromatic heterocycles. The van der Waals surface area contributed by atoms with E-state index in [-0.39, 0.29) is 5.54 Å². The minimum absolute atomic E-state index is 0.282. The van der Waals surface area contributed by atoms with Crippen LogP contribution in [0, 0.1) is 11.3 Å². The summed E-state index contributed by atoms with van der Waals surface area (Å²) in [4.78, 5) is 2.52. The van der Waals surface area contributed by atoms with E-state index in [1.54, 1.807) is 0 Å². The summed E-state index contributed by atoms with van der Waals surface area (Å²) in [5.41, 5.74) is -0.282. The monoisotopic (exact) mass is 265 g/mol. The molecule has 0 spiro atoms. The van der Waals surface area contributed by atoms with Crippen LogP contribution in [0.2, 0.25) is 0 Å². The highest BCUT2D eigenvalue weighted by Crippen LogP contribution is 2.26. The summed E-state index contributed by atoms with van der Waals surface area (Å²) in [5, 5.41) is 13.1. The SMILES string of the molecule is CCC(C)N(CC)CCCC(C#N)(CC)NC1CC1. The Kier molecular flexibility index (Phi) is 6.82. The third-order valence-electron chi connectivity index (χ3n) is 4.54. The van der Waals surface area contributed by atoms with Crippen LogP contribution in [-0.4, -0.2) is 35.6 Å². The number of nitrogens with one attached hydrogen (secondary N) is 1. The lowest BCUT2D eigenvalue weighted by Crippen LogP contribution is -2.45. The molecule has 0 radical (unpaired) electrons. The van der Waals surface area contributed by atoms with E-state index in [9.17, 15) is 5.26 Å². The van der Waals surface area contributed by atoms with Gasteiger partial charge in [0, 0.05) is 12.1 Å². The van der Waals surface area contributed by atoms with E-state index in [4.69, 9.17) is 0 Å². The first-order valence-electron chi connectivity index (χ1n) is 8.03. The maximum atomic E-state index is 9.50. The molecular formula is C16H31N3. The first kappa shape index (κ1) is 16.5. The van der Waals surface area contributed by atoms with Gasteiger partial charge in [-0.25, -0.2) is 0 Å². The van der Waals surface area contributed by atoms with Gasteiger partial charge in [0.05, 0.1) is 6.07 Å². The van der Waals surface area contributed by atoms with E-state index < -0.39 is 0 Å². The average Bonchev–Trinajstić information content (AvgIpc) is 3.25. The lowest BCUT2D eigenvalue weighted by atomic mass is 9.91. The third-order valence-corrected chi connectivity index (χ3v) is 4.54. The minimum Gasteiger partial charge on any atom is -0.301 e. The van der Waals surface area contributed by atoms with Crippen molar-refractivity contribution in [1.29, 1.82) is 5.26 Å². The molecule has 1 N–H and O–H groups in total. The van der Waals surface area contributed by atoms with Gasteiger partial charge in [-0.2, -0.15) is 5.26 Å². The van der Waals surface area contributed by atoms with E-state index >= 15 is 0 Å². The molecule has 0 aromatic rings. The van der Waals surface area contributed by atoms with Gasteiger partial charge >= 0.3 is 0 Å². The second-order valence-corrected chi connectivity index (χ2v) is 5.96. The van der Waals surface area contributed by atoms with Gasteiger partial charge < -0.3 is 4.90 Å². The summed E-state index contributed by atoms with van der Waals surface area (Å²) in [6.07, 6.45) is 6.69. The second kappa shape index (κ2) is 7.87. The van der Waals surface area contributed by atoms with Crippen molar-refractivity contribution in [1.82, 2.24) is 10.2 Å². The van der Waals surface area contributed by atoms with Gasteiger partial charge in [-0.15, -0.1) is 0 Å².